The third-order valence-corrected chi connectivity index (χ3v) is 4.57. The maximum atomic E-state index is 13.9. The summed E-state index contributed by atoms with van der Waals surface area (Å²) in [5, 5.41) is 4.16. The second-order valence-electron chi connectivity index (χ2n) is 6.26. The summed E-state index contributed by atoms with van der Waals surface area (Å²) in [5.41, 5.74) is 2.61. The molecule has 1 fully saturated rings. The fourth-order valence-corrected chi connectivity index (χ4v) is 3.21. The Morgan fingerprint density at radius 3 is 2.40 bits per heavy atom. The number of halogens is 1. The summed E-state index contributed by atoms with van der Waals surface area (Å²) >= 11 is 0. The summed E-state index contributed by atoms with van der Waals surface area (Å²) in [6.07, 6.45) is 0. The summed E-state index contributed by atoms with van der Waals surface area (Å²) in [5.74, 6) is 0.705. The molecule has 2 aromatic carbocycles. The van der Waals surface area contributed by atoms with Gasteiger partial charge in [0.2, 0.25) is 0 Å². The van der Waals surface area contributed by atoms with E-state index in [1.165, 1.54) is 6.07 Å². The smallest absolute Gasteiger partial charge is 0.151 e. The van der Waals surface area contributed by atoms with E-state index < -0.39 is 0 Å². The van der Waals surface area contributed by atoms with E-state index in [0.29, 0.717) is 5.69 Å². The average Bonchev–Trinajstić information content (AvgIpc) is 3.12. The van der Waals surface area contributed by atoms with Gasteiger partial charge >= 0.3 is 0 Å². The van der Waals surface area contributed by atoms with Gasteiger partial charge in [-0.2, -0.15) is 0 Å². The van der Waals surface area contributed by atoms with Crippen LogP contribution in [0.1, 0.15) is 5.76 Å². The molecule has 1 aliphatic heterocycles. The maximum absolute atomic E-state index is 13.9. The average molecular weight is 337 g/mol. The number of anilines is 1. The van der Waals surface area contributed by atoms with Crippen molar-refractivity contribution in [2.24, 2.45) is 0 Å². The lowest BCUT2D eigenvalue weighted by Gasteiger charge is -2.35. The molecule has 0 saturated carbocycles. The molecule has 25 heavy (non-hydrogen) atoms. The van der Waals surface area contributed by atoms with Gasteiger partial charge in [0.1, 0.15) is 11.5 Å². The fraction of sp³-hybridized carbons (Fsp3) is 0.250. The number of hydrogen-bond acceptors (Lipinski definition) is 4. The molecule has 0 aliphatic carbocycles. The Bertz CT molecular complexity index is 826. The number of para-hydroxylation sites is 1. The summed E-state index contributed by atoms with van der Waals surface area (Å²) in [7, 11) is 0. The third-order valence-electron chi connectivity index (χ3n) is 4.57. The lowest BCUT2D eigenvalue weighted by Crippen LogP contribution is -2.46. The predicted octanol–water partition coefficient (Wildman–Crippen LogP) is 3.80. The molecule has 128 valence electrons. The number of aromatic nitrogens is 1. The standard InChI is InChI=1S/C20H20FN3O/c21-18-8-4-5-9-20(18)24-12-10-23(11-13-24)15-17-14-19(22-25-17)16-6-2-1-3-7-16/h1-9,14H,10-13,15H2. The highest BCUT2D eigenvalue weighted by molar-refractivity contribution is 5.58. The van der Waals surface area contributed by atoms with Crippen LogP contribution in [0.5, 0.6) is 0 Å². The molecule has 0 bridgehead atoms. The zero-order valence-corrected chi connectivity index (χ0v) is 13.9. The van der Waals surface area contributed by atoms with Gasteiger partial charge in [-0.15, -0.1) is 0 Å². The first-order chi connectivity index (χ1) is 12.3. The van der Waals surface area contributed by atoms with E-state index in [9.17, 15) is 4.39 Å². The van der Waals surface area contributed by atoms with Crippen molar-refractivity contribution in [3.63, 3.8) is 0 Å². The van der Waals surface area contributed by atoms with Crippen LogP contribution in [0.25, 0.3) is 11.3 Å². The van der Waals surface area contributed by atoms with Gasteiger partial charge < -0.3 is 9.42 Å². The highest BCUT2D eigenvalue weighted by atomic mass is 19.1. The van der Waals surface area contributed by atoms with Crippen LogP contribution in [0, 0.1) is 5.82 Å². The van der Waals surface area contributed by atoms with E-state index in [-0.39, 0.29) is 5.82 Å². The van der Waals surface area contributed by atoms with E-state index in [0.717, 1.165) is 49.7 Å². The Labute approximate surface area is 146 Å². The Hall–Kier alpha value is -2.66. The molecule has 0 spiro atoms. The van der Waals surface area contributed by atoms with Crippen LogP contribution < -0.4 is 4.90 Å². The Morgan fingerprint density at radius 1 is 0.920 bits per heavy atom. The van der Waals surface area contributed by atoms with Crippen LogP contribution in [-0.2, 0) is 6.54 Å². The summed E-state index contributed by atoms with van der Waals surface area (Å²) in [6.45, 7) is 4.08. The van der Waals surface area contributed by atoms with Gasteiger partial charge in [0.05, 0.1) is 12.2 Å². The van der Waals surface area contributed by atoms with E-state index in [2.05, 4.69) is 15.0 Å². The molecular weight excluding hydrogens is 317 g/mol. The molecule has 0 radical (unpaired) electrons. The molecule has 0 unspecified atom stereocenters. The molecular formula is C20H20FN3O. The minimum atomic E-state index is -0.154. The molecule has 0 N–H and O–H groups in total. The first-order valence-electron chi connectivity index (χ1n) is 8.52. The van der Waals surface area contributed by atoms with Crippen molar-refractivity contribution in [3.05, 3.63) is 72.2 Å². The van der Waals surface area contributed by atoms with E-state index in [1.54, 1.807) is 6.07 Å². The minimum Gasteiger partial charge on any atom is -0.367 e. The van der Waals surface area contributed by atoms with E-state index in [1.807, 2.05) is 48.5 Å². The highest BCUT2D eigenvalue weighted by Crippen LogP contribution is 2.22. The summed E-state index contributed by atoms with van der Waals surface area (Å²) < 4.78 is 19.4. The SMILES string of the molecule is Fc1ccccc1N1CCN(Cc2cc(-c3ccccc3)no2)CC1. The second kappa shape index (κ2) is 7.07. The van der Waals surface area contributed by atoms with Gasteiger partial charge in [0, 0.05) is 37.8 Å². The van der Waals surface area contributed by atoms with Gasteiger partial charge in [0.25, 0.3) is 0 Å². The van der Waals surface area contributed by atoms with Crippen LogP contribution in [-0.4, -0.2) is 36.2 Å². The molecule has 1 saturated heterocycles. The summed E-state index contributed by atoms with van der Waals surface area (Å²) in [4.78, 5) is 4.41. The number of nitrogens with zero attached hydrogens (tertiary/aromatic N) is 3. The number of benzene rings is 2. The van der Waals surface area contributed by atoms with Crippen molar-refractivity contribution in [2.75, 3.05) is 31.1 Å². The number of rotatable bonds is 4. The zero-order valence-electron chi connectivity index (χ0n) is 13.9. The zero-order chi connectivity index (χ0) is 17.1. The molecule has 4 rings (SSSR count). The minimum absolute atomic E-state index is 0.154. The van der Waals surface area contributed by atoms with E-state index >= 15 is 0 Å². The maximum Gasteiger partial charge on any atom is 0.151 e. The molecule has 1 aromatic heterocycles. The molecule has 2 heterocycles. The van der Waals surface area contributed by atoms with Crippen molar-refractivity contribution >= 4 is 5.69 Å². The van der Waals surface area contributed by atoms with Crippen LogP contribution in [0.15, 0.2) is 65.2 Å². The quantitative estimate of drug-likeness (QED) is 0.725. The van der Waals surface area contributed by atoms with Gasteiger partial charge in [0.15, 0.2) is 5.76 Å². The molecule has 5 heteroatoms. The third kappa shape index (κ3) is 3.56. The van der Waals surface area contributed by atoms with Crippen molar-refractivity contribution in [1.29, 1.82) is 0 Å². The van der Waals surface area contributed by atoms with Gasteiger partial charge in [-0.25, -0.2) is 4.39 Å². The predicted molar refractivity (Wildman–Crippen MR) is 95.8 cm³/mol. The molecule has 4 nitrogen and oxygen atoms in total. The second-order valence-corrected chi connectivity index (χ2v) is 6.26. The van der Waals surface area contributed by atoms with Crippen LogP contribution >= 0.6 is 0 Å². The Kier molecular flexibility index (Phi) is 4.48. The first kappa shape index (κ1) is 15.8. The van der Waals surface area contributed by atoms with E-state index in [4.69, 9.17) is 4.52 Å². The van der Waals surface area contributed by atoms with Crippen LogP contribution in [0.2, 0.25) is 0 Å². The van der Waals surface area contributed by atoms with Crippen LogP contribution in [0.3, 0.4) is 0 Å². The fourth-order valence-electron chi connectivity index (χ4n) is 3.21. The van der Waals surface area contributed by atoms with Crippen LogP contribution in [0.4, 0.5) is 10.1 Å². The Morgan fingerprint density at radius 2 is 1.64 bits per heavy atom. The molecule has 3 aromatic rings. The normalized spacial score (nSPS) is 15.5. The van der Waals surface area contributed by atoms with Gasteiger partial charge in [-0.1, -0.05) is 47.6 Å². The monoisotopic (exact) mass is 337 g/mol. The summed E-state index contributed by atoms with van der Waals surface area (Å²) in [6, 6.07) is 19.0. The largest absolute Gasteiger partial charge is 0.367 e. The number of piperazine rings is 1. The van der Waals surface area contributed by atoms with Gasteiger partial charge in [-0.05, 0) is 12.1 Å². The van der Waals surface area contributed by atoms with Crippen molar-refractivity contribution in [3.8, 4) is 11.3 Å². The lowest BCUT2D eigenvalue weighted by molar-refractivity contribution is 0.219. The molecule has 0 amide bonds. The Balaban J connectivity index is 1.36. The topological polar surface area (TPSA) is 32.5 Å². The van der Waals surface area contributed by atoms with Crippen molar-refractivity contribution in [2.45, 2.75) is 6.54 Å². The lowest BCUT2D eigenvalue weighted by atomic mass is 10.1. The molecule has 1 aliphatic rings. The van der Waals surface area contributed by atoms with Crippen molar-refractivity contribution < 1.29 is 8.91 Å². The van der Waals surface area contributed by atoms with Crippen molar-refractivity contribution in [1.82, 2.24) is 10.1 Å². The van der Waals surface area contributed by atoms with Gasteiger partial charge in [-0.3, -0.25) is 4.90 Å². The molecule has 0 atom stereocenters. The highest BCUT2D eigenvalue weighted by Gasteiger charge is 2.20. The number of hydrogen-bond donors (Lipinski definition) is 0. The first-order valence-corrected chi connectivity index (χ1v) is 8.52.